The zero-order valence-corrected chi connectivity index (χ0v) is 8.63. The largest absolute Gasteiger partial charge is 0.128 e. The van der Waals surface area contributed by atoms with Gasteiger partial charge < -0.3 is 0 Å². The first kappa shape index (κ1) is 8.88. The molecule has 0 heterocycles. The van der Waals surface area contributed by atoms with Crippen LogP contribution in [0.5, 0.6) is 0 Å². The maximum absolute atomic E-state index is 3.57. The van der Waals surface area contributed by atoms with E-state index in [1.807, 2.05) is 12.1 Å². The topological polar surface area (TPSA) is 0 Å². The van der Waals surface area contributed by atoms with E-state index in [0.717, 1.165) is 10.0 Å². The van der Waals surface area contributed by atoms with E-state index in [-0.39, 0.29) is 0 Å². The van der Waals surface area contributed by atoms with E-state index in [0.29, 0.717) is 0 Å². The minimum Gasteiger partial charge on any atom is -0.128 e. The minimum atomic E-state index is 1.02. The summed E-state index contributed by atoms with van der Waals surface area (Å²) in [5.41, 5.74) is 1.02. The predicted octanol–water partition coefficient (Wildman–Crippen LogP) is 3.51. The quantitative estimate of drug-likeness (QED) is 0.698. The molecule has 0 fully saturated rings. The van der Waals surface area contributed by atoms with Crippen LogP contribution in [0.15, 0.2) is 34.1 Å². The number of rotatable bonds is 2. The summed E-state index contributed by atoms with van der Waals surface area (Å²) in [7, 11) is 0. The summed E-state index contributed by atoms with van der Waals surface area (Å²) in [5.74, 6) is 0. The number of thioether (sulfide) groups is 1. The summed E-state index contributed by atoms with van der Waals surface area (Å²) in [4.78, 5) is 1.24. The summed E-state index contributed by atoms with van der Waals surface area (Å²) in [6.07, 6.45) is 4.88. The second kappa shape index (κ2) is 3.98. The average Bonchev–Trinajstić information content (AvgIpc) is 2.04. The van der Waals surface area contributed by atoms with Gasteiger partial charge in [0.15, 0.2) is 0 Å². The van der Waals surface area contributed by atoms with Gasteiger partial charge in [-0.05, 0) is 46.0 Å². The van der Waals surface area contributed by atoms with Crippen molar-refractivity contribution < 1.29 is 0 Å². The van der Waals surface area contributed by atoms with Gasteiger partial charge in [0.1, 0.15) is 0 Å². The lowest BCUT2D eigenvalue weighted by Gasteiger charge is -2.00. The van der Waals surface area contributed by atoms with Crippen LogP contribution in [0, 0.1) is 6.08 Å². The molecule has 1 radical (unpaired) electrons. The van der Waals surface area contributed by atoms with Gasteiger partial charge in [-0.3, -0.25) is 0 Å². The van der Waals surface area contributed by atoms with Gasteiger partial charge in [-0.15, -0.1) is 11.8 Å². The molecule has 0 bridgehead atoms. The third-order valence-electron chi connectivity index (χ3n) is 1.36. The fourth-order valence-electron chi connectivity index (χ4n) is 0.776. The Morgan fingerprint density at radius 3 is 2.73 bits per heavy atom. The van der Waals surface area contributed by atoms with Crippen molar-refractivity contribution in [3.8, 4) is 0 Å². The highest BCUT2D eigenvalue weighted by Crippen LogP contribution is 2.26. The first-order valence-corrected chi connectivity index (χ1v) is 5.16. The number of hydrogen-bond acceptors (Lipinski definition) is 1. The molecule has 57 valence electrons. The lowest BCUT2D eigenvalue weighted by Crippen LogP contribution is -1.76. The number of benzene rings is 1. The van der Waals surface area contributed by atoms with Crippen LogP contribution in [0.2, 0.25) is 0 Å². The fraction of sp³-hybridized carbons (Fsp3) is 0.111. The summed E-state index contributed by atoms with van der Waals surface area (Å²) in [6.45, 7) is 3.57. The minimum absolute atomic E-state index is 1.02. The molecule has 11 heavy (non-hydrogen) atoms. The highest BCUT2D eigenvalue weighted by Gasteiger charge is 1.96. The van der Waals surface area contributed by atoms with Gasteiger partial charge in [-0.1, -0.05) is 12.6 Å². The Kier molecular flexibility index (Phi) is 3.21. The molecule has 0 nitrogen and oxygen atoms in total. The van der Waals surface area contributed by atoms with Crippen LogP contribution in [0.3, 0.4) is 0 Å². The first-order chi connectivity index (χ1) is 5.27. The average molecular weight is 228 g/mol. The Labute approximate surface area is 79.8 Å². The van der Waals surface area contributed by atoms with E-state index in [9.17, 15) is 0 Å². The molecule has 0 amide bonds. The Morgan fingerprint density at radius 1 is 1.55 bits per heavy atom. The van der Waals surface area contributed by atoms with Gasteiger partial charge in [0.05, 0.1) is 0 Å². The van der Waals surface area contributed by atoms with E-state index < -0.39 is 0 Å². The Morgan fingerprint density at radius 2 is 2.27 bits per heavy atom. The molecule has 0 aliphatic heterocycles. The van der Waals surface area contributed by atoms with Gasteiger partial charge in [0, 0.05) is 9.37 Å². The zero-order valence-electron chi connectivity index (χ0n) is 6.23. The van der Waals surface area contributed by atoms with Gasteiger partial charge in [0.25, 0.3) is 0 Å². The summed E-state index contributed by atoms with van der Waals surface area (Å²) in [6, 6.07) is 6.07. The molecule has 1 aromatic carbocycles. The lowest BCUT2D eigenvalue weighted by atomic mass is 10.2. The van der Waals surface area contributed by atoms with Crippen molar-refractivity contribution >= 4 is 27.7 Å². The molecule has 0 spiro atoms. The molecule has 1 rings (SSSR count). The molecular formula is C9H8BrS. The van der Waals surface area contributed by atoms with E-state index in [4.69, 9.17) is 0 Å². The van der Waals surface area contributed by atoms with Crippen LogP contribution in [-0.4, -0.2) is 6.26 Å². The van der Waals surface area contributed by atoms with Gasteiger partial charge in [-0.2, -0.15) is 0 Å². The third kappa shape index (κ3) is 2.11. The van der Waals surface area contributed by atoms with Crippen LogP contribution in [0.1, 0.15) is 5.56 Å². The Balaban J connectivity index is 3.09. The molecule has 0 aliphatic rings. The summed E-state index contributed by atoms with van der Waals surface area (Å²) in [5, 5.41) is 0. The van der Waals surface area contributed by atoms with Crippen molar-refractivity contribution in [2.45, 2.75) is 4.90 Å². The van der Waals surface area contributed by atoms with Crippen LogP contribution >= 0.6 is 27.7 Å². The molecule has 0 unspecified atom stereocenters. The van der Waals surface area contributed by atoms with Crippen molar-refractivity contribution in [3.63, 3.8) is 0 Å². The fourth-order valence-corrected chi connectivity index (χ4v) is 2.10. The normalized spacial score (nSPS) is 9.64. The smallest absolute Gasteiger partial charge is 0.0317 e. The van der Waals surface area contributed by atoms with Crippen molar-refractivity contribution in [2.24, 2.45) is 0 Å². The molecule has 0 atom stereocenters. The van der Waals surface area contributed by atoms with Gasteiger partial charge in [0.2, 0.25) is 0 Å². The summed E-state index contributed by atoms with van der Waals surface area (Å²) < 4.78 is 1.11. The molecule has 0 N–H and O–H groups in total. The zero-order chi connectivity index (χ0) is 8.27. The van der Waals surface area contributed by atoms with E-state index in [1.54, 1.807) is 11.8 Å². The second-order valence-electron chi connectivity index (χ2n) is 2.03. The van der Waals surface area contributed by atoms with Crippen LogP contribution in [-0.2, 0) is 0 Å². The summed E-state index contributed by atoms with van der Waals surface area (Å²) >= 11 is 5.18. The first-order valence-electron chi connectivity index (χ1n) is 3.14. The van der Waals surface area contributed by atoms with Crippen LogP contribution < -0.4 is 0 Å². The standard InChI is InChI=1S/C9H8BrS/c1-3-7-4-5-9(11-2)8(10)6-7/h4-6H,1H2,2H3. The molecule has 0 saturated heterocycles. The molecule has 1 aromatic rings. The van der Waals surface area contributed by atoms with Gasteiger partial charge >= 0.3 is 0 Å². The third-order valence-corrected chi connectivity index (χ3v) is 3.07. The van der Waals surface area contributed by atoms with Crippen molar-refractivity contribution in [1.29, 1.82) is 0 Å². The highest BCUT2D eigenvalue weighted by molar-refractivity contribution is 9.10. The Hall–Kier alpha value is -0.210. The van der Waals surface area contributed by atoms with Crippen molar-refractivity contribution in [1.82, 2.24) is 0 Å². The van der Waals surface area contributed by atoms with Crippen molar-refractivity contribution in [3.05, 3.63) is 40.9 Å². The molecular weight excluding hydrogens is 220 g/mol. The molecule has 0 saturated carbocycles. The van der Waals surface area contributed by atoms with Crippen molar-refractivity contribution in [2.75, 3.05) is 6.26 Å². The lowest BCUT2D eigenvalue weighted by molar-refractivity contribution is 1.38. The molecule has 0 aliphatic carbocycles. The van der Waals surface area contributed by atoms with Crippen LogP contribution in [0.4, 0.5) is 0 Å². The number of hydrogen-bond donors (Lipinski definition) is 0. The monoisotopic (exact) mass is 227 g/mol. The molecule has 0 aromatic heterocycles. The van der Waals surface area contributed by atoms with E-state index >= 15 is 0 Å². The molecule has 2 heteroatoms. The maximum atomic E-state index is 3.57. The highest BCUT2D eigenvalue weighted by atomic mass is 79.9. The van der Waals surface area contributed by atoms with Gasteiger partial charge in [-0.25, -0.2) is 0 Å². The maximum Gasteiger partial charge on any atom is 0.0317 e. The second-order valence-corrected chi connectivity index (χ2v) is 3.73. The SMILES string of the molecule is C=[C]c1ccc(SC)c(Br)c1. The predicted molar refractivity (Wildman–Crippen MR) is 53.9 cm³/mol. The van der Waals surface area contributed by atoms with Crippen LogP contribution in [0.25, 0.3) is 0 Å². The van der Waals surface area contributed by atoms with E-state index in [2.05, 4.69) is 40.9 Å². The number of halogens is 1. The van der Waals surface area contributed by atoms with E-state index in [1.165, 1.54) is 4.90 Å². The Bertz CT molecular complexity index is 268.